The van der Waals surface area contributed by atoms with Gasteiger partial charge in [-0.05, 0) is 6.92 Å². The first kappa shape index (κ1) is 16.0. The van der Waals surface area contributed by atoms with E-state index < -0.39 is 12.7 Å². The van der Waals surface area contributed by atoms with E-state index in [0.29, 0.717) is 31.0 Å². The van der Waals surface area contributed by atoms with Crippen molar-refractivity contribution in [3.05, 3.63) is 16.5 Å². The summed E-state index contributed by atoms with van der Waals surface area (Å²) in [4.78, 5) is 22.3. The van der Waals surface area contributed by atoms with Crippen molar-refractivity contribution in [2.75, 3.05) is 37.6 Å². The van der Waals surface area contributed by atoms with E-state index in [1.165, 1.54) is 4.90 Å². The van der Waals surface area contributed by atoms with Crippen LogP contribution in [0.25, 0.3) is 0 Å². The molecule has 116 valence electrons. The molecule has 1 aromatic rings. The summed E-state index contributed by atoms with van der Waals surface area (Å²) in [5.41, 5.74) is 0.173. The highest BCUT2D eigenvalue weighted by Gasteiger charge is 2.32. The number of hydrogen-bond acceptors (Lipinski definition) is 5. The van der Waals surface area contributed by atoms with Crippen molar-refractivity contribution in [3.63, 3.8) is 0 Å². The molecule has 1 aliphatic heterocycles. The van der Waals surface area contributed by atoms with Gasteiger partial charge in [-0.2, -0.15) is 13.2 Å². The minimum absolute atomic E-state index is 0.0604. The lowest BCUT2D eigenvalue weighted by Crippen LogP contribution is -2.49. The predicted octanol–water partition coefficient (Wildman–Crippen LogP) is 1.94. The molecule has 1 fully saturated rings. The largest absolute Gasteiger partial charge is 0.401 e. The molecule has 0 radical (unpaired) electrons. The van der Waals surface area contributed by atoms with Crippen LogP contribution in [-0.2, 0) is 0 Å². The first-order chi connectivity index (χ1) is 9.80. The van der Waals surface area contributed by atoms with E-state index in [1.807, 2.05) is 0 Å². The van der Waals surface area contributed by atoms with E-state index in [1.54, 1.807) is 11.8 Å². The maximum atomic E-state index is 12.3. The number of aldehydes is 1. The van der Waals surface area contributed by atoms with Gasteiger partial charge in [-0.25, -0.2) is 9.97 Å². The second-order valence-electron chi connectivity index (χ2n) is 4.80. The maximum absolute atomic E-state index is 12.3. The molecule has 1 aromatic heterocycles. The topological polar surface area (TPSA) is 49.3 Å². The van der Waals surface area contributed by atoms with Gasteiger partial charge < -0.3 is 4.90 Å². The number of halogens is 4. The number of anilines is 1. The molecule has 9 heteroatoms. The van der Waals surface area contributed by atoms with Crippen molar-refractivity contribution in [2.45, 2.75) is 13.1 Å². The van der Waals surface area contributed by atoms with Gasteiger partial charge in [-0.1, -0.05) is 11.6 Å². The average Bonchev–Trinajstić information content (AvgIpc) is 2.37. The zero-order chi connectivity index (χ0) is 15.6. The number of aryl methyl sites for hydroxylation is 1. The Hall–Kier alpha value is -1.41. The lowest BCUT2D eigenvalue weighted by Gasteiger charge is -2.36. The Bertz CT molecular complexity index is 530. The molecule has 0 bridgehead atoms. The Morgan fingerprint density at radius 2 is 1.86 bits per heavy atom. The molecule has 2 rings (SSSR count). The molecule has 0 spiro atoms. The van der Waals surface area contributed by atoms with E-state index >= 15 is 0 Å². The van der Waals surface area contributed by atoms with Crippen LogP contribution in [-0.4, -0.2) is 60.1 Å². The van der Waals surface area contributed by atoms with E-state index in [9.17, 15) is 18.0 Å². The smallest absolute Gasteiger partial charge is 0.353 e. The minimum Gasteiger partial charge on any atom is -0.353 e. The summed E-state index contributed by atoms with van der Waals surface area (Å²) >= 11 is 5.90. The van der Waals surface area contributed by atoms with Crippen LogP contribution in [0.4, 0.5) is 19.0 Å². The summed E-state index contributed by atoms with van der Waals surface area (Å²) in [5, 5.41) is 0.0604. The standard InChI is InChI=1S/C12H14ClF3N4O/c1-8-17-10(13)9(6-21)11(18-8)20-4-2-19(3-5-20)7-12(14,15)16/h6H,2-5,7H2,1H3. The fourth-order valence-electron chi connectivity index (χ4n) is 2.25. The van der Waals surface area contributed by atoms with Crippen LogP contribution in [0.15, 0.2) is 0 Å². The van der Waals surface area contributed by atoms with Crippen LogP contribution in [0.1, 0.15) is 16.2 Å². The second kappa shape index (κ2) is 6.15. The van der Waals surface area contributed by atoms with Crippen LogP contribution in [0.2, 0.25) is 5.15 Å². The lowest BCUT2D eigenvalue weighted by molar-refractivity contribution is -0.146. The number of piperazine rings is 1. The molecule has 0 amide bonds. The number of aromatic nitrogens is 2. The van der Waals surface area contributed by atoms with Crippen LogP contribution in [0.5, 0.6) is 0 Å². The maximum Gasteiger partial charge on any atom is 0.401 e. The molecule has 1 aliphatic rings. The molecule has 21 heavy (non-hydrogen) atoms. The first-order valence-corrected chi connectivity index (χ1v) is 6.71. The van der Waals surface area contributed by atoms with Gasteiger partial charge in [0.1, 0.15) is 16.8 Å². The van der Waals surface area contributed by atoms with Gasteiger partial charge in [0.05, 0.1) is 12.1 Å². The molecule has 0 atom stereocenters. The van der Waals surface area contributed by atoms with Crippen molar-refractivity contribution in [1.82, 2.24) is 14.9 Å². The Morgan fingerprint density at radius 3 is 2.38 bits per heavy atom. The third kappa shape index (κ3) is 4.04. The fourth-order valence-corrected chi connectivity index (χ4v) is 2.50. The number of nitrogens with zero attached hydrogens (tertiary/aromatic N) is 4. The Morgan fingerprint density at radius 1 is 1.24 bits per heavy atom. The van der Waals surface area contributed by atoms with E-state index in [-0.39, 0.29) is 23.8 Å². The van der Waals surface area contributed by atoms with Crippen molar-refractivity contribution in [1.29, 1.82) is 0 Å². The third-order valence-electron chi connectivity index (χ3n) is 3.18. The zero-order valence-corrected chi connectivity index (χ0v) is 12.1. The van der Waals surface area contributed by atoms with Crippen molar-refractivity contribution < 1.29 is 18.0 Å². The highest BCUT2D eigenvalue weighted by Crippen LogP contribution is 2.24. The Balaban J connectivity index is 2.11. The van der Waals surface area contributed by atoms with E-state index in [4.69, 9.17) is 11.6 Å². The highest BCUT2D eigenvalue weighted by molar-refractivity contribution is 6.32. The summed E-state index contributed by atoms with van der Waals surface area (Å²) in [6.07, 6.45) is -3.63. The van der Waals surface area contributed by atoms with Crippen LogP contribution < -0.4 is 4.90 Å². The molecule has 0 saturated carbocycles. The van der Waals surface area contributed by atoms with Crippen LogP contribution in [0, 0.1) is 6.92 Å². The summed E-state index contributed by atoms with van der Waals surface area (Å²) in [6, 6.07) is 0. The van der Waals surface area contributed by atoms with Crippen molar-refractivity contribution in [3.8, 4) is 0 Å². The van der Waals surface area contributed by atoms with Gasteiger partial charge in [-0.15, -0.1) is 0 Å². The molecular formula is C12H14ClF3N4O. The second-order valence-corrected chi connectivity index (χ2v) is 5.15. The van der Waals surface area contributed by atoms with Gasteiger partial charge >= 0.3 is 6.18 Å². The van der Waals surface area contributed by atoms with E-state index in [2.05, 4.69) is 9.97 Å². The lowest BCUT2D eigenvalue weighted by atomic mass is 10.2. The summed E-state index contributed by atoms with van der Waals surface area (Å²) in [5.74, 6) is 0.799. The van der Waals surface area contributed by atoms with Gasteiger partial charge in [0.2, 0.25) is 0 Å². The Kier molecular flexibility index (Phi) is 4.67. The predicted molar refractivity (Wildman–Crippen MR) is 71.9 cm³/mol. The van der Waals surface area contributed by atoms with Gasteiger partial charge in [0.15, 0.2) is 6.29 Å². The van der Waals surface area contributed by atoms with Crippen molar-refractivity contribution in [2.24, 2.45) is 0 Å². The summed E-state index contributed by atoms with van der Waals surface area (Å²) in [6.45, 7) is 1.92. The number of hydrogen-bond donors (Lipinski definition) is 0. The summed E-state index contributed by atoms with van der Waals surface area (Å²) < 4.78 is 37.0. The molecule has 0 aromatic carbocycles. The van der Waals surface area contributed by atoms with Gasteiger partial charge in [0, 0.05) is 26.2 Å². The molecule has 0 aliphatic carbocycles. The van der Waals surface area contributed by atoms with Gasteiger partial charge in [-0.3, -0.25) is 9.69 Å². The SMILES string of the molecule is Cc1nc(Cl)c(C=O)c(N2CCN(CC(F)(F)F)CC2)n1. The average molecular weight is 323 g/mol. The third-order valence-corrected chi connectivity index (χ3v) is 3.47. The first-order valence-electron chi connectivity index (χ1n) is 6.33. The molecule has 0 N–H and O–H groups in total. The zero-order valence-electron chi connectivity index (χ0n) is 11.3. The molecule has 5 nitrogen and oxygen atoms in total. The minimum atomic E-state index is -4.20. The molecule has 0 unspecified atom stereocenters. The fraction of sp³-hybridized carbons (Fsp3) is 0.583. The number of rotatable bonds is 3. The number of alkyl halides is 3. The van der Waals surface area contributed by atoms with Gasteiger partial charge in [0.25, 0.3) is 0 Å². The highest BCUT2D eigenvalue weighted by atomic mass is 35.5. The van der Waals surface area contributed by atoms with Crippen LogP contribution in [0.3, 0.4) is 0 Å². The van der Waals surface area contributed by atoms with E-state index in [0.717, 1.165) is 0 Å². The van der Waals surface area contributed by atoms with Crippen molar-refractivity contribution >= 4 is 23.7 Å². The Labute approximate surface area is 124 Å². The summed E-state index contributed by atoms with van der Waals surface area (Å²) in [7, 11) is 0. The molecule has 2 heterocycles. The molecule has 1 saturated heterocycles. The molecular weight excluding hydrogens is 309 g/mol. The number of carbonyl (C=O) groups is 1. The quantitative estimate of drug-likeness (QED) is 0.629. The monoisotopic (exact) mass is 322 g/mol. The van der Waals surface area contributed by atoms with Crippen LogP contribution >= 0.6 is 11.6 Å². The normalized spacial score (nSPS) is 17.1. The number of carbonyl (C=O) groups excluding carboxylic acids is 1.